The number of allylic oxidation sites excluding steroid dienone is 12. The zero-order valence-corrected chi connectivity index (χ0v) is 49.4. The van der Waals surface area contributed by atoms with E-state index in [9.17, 15) is 14.7 Å². The summed E-state index contributed by atoms with van der Waals surface area (Å²) in [6.07, 6.45) is 89.2. The van der Waals surface area contributed by atoms with Crippen molar-refractivity contribution in [1.29, 1.82) is 0 Å². The average Bonchev–Trinajstić information content (AvgIpc) is 3.40. The van der Waals surface area contributed by atoms with Crippen LogP contribution in [0.3, 0.4) is 0 Å². The molecule has 1 unspecified atom stereocenters. The van der Waals surface area contributed by atoms with Gasteiger partial charge in [0.2, 0.25) is 0 Å². The second-order valence-corrected chi connectivity index (χ2v) is 21.8. The molecule has 0 aliphatic heterocycles. The Morgan fingerprint density at radius 3 is 0.878 bits per heavy atom. The minimum atomic E-state index is -0.775. The van der Waals surface area contributed by atoms with Crippen LogP contribution < -0.4 is 0 Å². The summed E-state index contributed by atoms with van der Waals surface area (Å²) in [5, 5.41) is 9.68. The second-order valence-electron chi connectivity index (χ2n) is 21.8. The Morgan fingerprint density at radius 2 is 0.581 bits per heavy atom. The molecule has 0 rings (SSSR count). The molecule has 1 N–H and O–H groups in total. The van der Waals surface area contributed by atoms with Gasteiger partial charge in [-0.3, -0.25) is 9.59 Å². The first kappa shape index (κ1) is 71.3. The lowest BCUT2D eigenvalue weighted by Gasteiger charge is -2.15. The third kappa shape index (κ3) is 61.9. The van der Waals surface area contributed by atoms with Gasteiger partial charge in [-0.25, -0.2) is 0 Å². The summed E-state index contributed by atoms with van der Waals surface area (Å²) in [7, 11) is 0. The number of aliphatic hydroxyl groups is 1. The van der Waals surface area contributed by atoms with Crippen LogP contribution in [0.1, 0.15) is 335 Å². The molecule has 5 nitrogen and oxygen atoms in total. The first-order chi connectivity index (χ1) is 36.6. The molecule has 0 aliphatic carbocycles. The molecule has 0 saturated heterocycles. The van der Waals surface area contributed by atoms with Crippen molar-refractivity contribution in [2.75, 3.05) is 13.2 Å². The monoisotopic (exact) mass is 1030 g/mol. The molecule has 0 radical (unpaired) electrons. The van der Waals surface area contributed by atoms with Gasteiger partial charge in [-0.15, -0.1) is 0 Å². The maximum atomic E-state index is 12.3. The number of hydrogen-bond donors (Lipinski definition) is 1. The SMILES string of the molecule is CC/C=C\C/C=C\C/C=C\C/C=C\CCCCCCCCCCCCCCC(=O)OC(CO)COC(=O)CCCCCCCCCCCCCCCCCCCCCCCCC/C=C\C/C=C\CCCCCCC. The highest BCUT2D eigenvalue weighted by Gasteiger charge is 2.16. The fraction of sp³-hybridized carbons (Fsp3) is 0.797. The van der Waals surface area contributed by atoms with Crippen molar-refractivity contribution < 1.29 is 24.2 Å². The van der Waals surface area contributed by atoms with Crippen LogP contribution in [0, 0.1) is 0 Å². The Kier molecular flexibility index (Phi) is 62.3. The van der Waals surface area contributed by atoms with E-state index in [1.54, 1.807) is 0 Å². The van der Waals surface area contributed by atoms with E-state index in [0.29, 0.717) is 12.8 Å². The zero-order valence-electron chi connectivity index (χ0n) is 49.4. The van der Waals surface area contributed by atoms with Crippen LogP contribution in [0.4, 0.5) is 0 Å². The molecule has 1 atom stereocenters. The van der Waals surface area contributed by atoms with Crippen molar-refractivity contribution in [2.45, 2.75) is 341 Å². The van der Waals surface area contributed by atoms with Crippen molar-refractivity contribution in [2.24, 2.45) is 0 Å². The summed E-state index contributed by atoms with van der Waals surface area (Å²) in [6, 6.07) is 0. The molecule has 0 aliphatic rings. The summed E-state index contributed by atoms with van der Waals surface area (Å²) >= 11 is 0. The van der Waals surface area contributed by atoms with Gasteiger partial charge in [0.25, 0.3) is 0 Å². The van der Waals surface area contributed by atoms with E-state index in [2.05, 4.69) is 86.8 Å². The number of esters is 2. The number of carbonyl (C=O) groups is 2. The lowest BCUT2D eigenvalue weighted by Crippen LogP contribution is -2.28. The highest BCUT2D eigenvalue weighted by Crippen LogP contribution is 2.18. The normalized spacial score (nSPS) is 12.6. The molecule has 430 valence electrons. The topological polar surface area (TPSA) is 72.8 Å². The molecule has 0 spiro atoms. The van der Waals surface area contributed by atoms with Gasteiger partial charge in [0.15, 0.2) is 6.10 Å². The largest absolute Gasteiger partial charge is 0.462 e. The molecule has 0 bridgehead atoms. The van der Waals surface area contributed by atoms with E-state index >= 15 is 0 Å². The zero-order chi connectivity index (χ0) is 53.4. The van der Waals surface area contributed by atoms with Gasteiger partial charge in [-0.05, 0) is 83.5 Å². The summed E-state index contributed by atoms with van der Waals surface area (Å²) < 4.78 is 10.7. The second kappa shape index (κ2) is 64.6. The van der Waals surface area contributed by atoms with Gasteiger partial charge in [-0.1, -0.05) is 311 Å². The number of unbranched alkanes of at least 4 members (excludes halogenated alkanes) is 40. The molecule has 0 aromatic rings. The molecule has 74 heavy (non-hydrogen) atoms. The standard InChI is InChI=1S/C69H124O5/c1-3-5-7-9-11-13-15-17-19-21-23-25-27-29-30-31-32-33-34-35-36-37-38-40-41-43-45-47-49-51-53-55-57-59-61-63-68(71)73-66-67(65-70)74-69(72)64-62-60-58-56-54-52-50-48-46-44-42-39-28-26-24-22-20-18-16-14-12-10-8-6-4-2/h6,8,12,14-15,17-18,20-21,23-24,26,67,70H,3-5,7,9-11,13,16,19,22,25,27-66H2,1-2H3/b8-6-,14-12-,17-15-,20-18-,23-21-,26-24-. The third-order valence-electron chi connectivity index (χ3n) is 14.5. The predicted molar refractivity (Wildman–Crippen MR) is 325 cm³/mol. The minimum absolute atomic E-state index is 0.0648. The Bertz CT molecular complexity index is 1310. The van der Waals surface area contributed by atoms with Gasteiger partial charge in [0.05, 0.1) is 6.61 Å². The summed E-state index contributed by atoms with van der Waals surface area (Å²) in [5.74, 6) is -0.579. The van der Waals surface area contributed by atoms with Gasteiger partial charge < -0.3 is 14.6 Å². The number of ether oxygens (including phenoxy) is 2. The van der Waals surface area contributed by atoms with Crippen LogP contribution in [0.2, 0.25) is 0 Å². The number of carbonyl (C=O) groups excluding carboxylic acids is 2. The summed E-state index contributed by atoms with van der Waals surface area (Å²) in [6.45, 7) is 4.06. The van der Waals surface area contributed by atoms with Crippen LogP contribution in [0.5, 0.6) is 0 Å². The van der Waals surface area contributed by atoms with Crippen LogP contribution in [0.25, 0.3) is 0 Å². The van der Waals surface area contributed by atoms with E-state index < -0.39 is 6.10 Å². The van der Waals surface area contributed by atoms with Crippen LogP contribution in [-0.4, -0.2) is 36.4 Å². The van der Waals surface area contributed by atoms with Gasteiger partial charge in [0, 0.05) is 12.8 Å². The molecule has 0 fully saturated rings. The molecule has 0 amide bonds. The van der Waals surface area contributed by atoms with E-state index in [-0.39, 0.29) is 25.2 Å². The highest BCUT2D eigenvalue weighted by molar-refractivity contribution is 5.70. The van der Waals surface area contributed by atoms with E-state index in [1.165, 1.54) is 238 Å². The van der Waals surface area contributed by atoms with E-state index in [1.807, 2.05) is 0 Å². The van der Waals surface area contributed by atoms with Gasteiger partial charge in [0.1, 0.15) is 6.61 Å². The third-order valence-corrected chi connectivity index (χ3v) is 14.5. The quantitative estimate of drug-likeness (QED) is 0.0373. The lowest BCUT2D eigenvalue weighted by atomic mass is 10.0. The minimum Gasteiger partial charge on any atom is -0.462 e. The van der Waals surface area contributed by atoms with Crippen molar-refractivity contribution in [3.63, 3.8) is 0 Å². The molecule has 0 heterocycles. The van der Waals surface area contributed by atoms with Gasteiger partial charge in [-0.2, -0.15) is 0 Å². The van der Waals surface area contributed by atoms with E-state index in [0.717, 1.165) is 70.6 Å². The van der Waals surface area contributed by atoms with Crippen molar-refractivity contribution in [3.05, 3.63) is 72.9 Å². The molecule has 5 heteroatoms. The predicted octanol–water partition coefficient (Wildman–Crippen LogP) is 22.3. The summed E-state index contributed by atoms with van der Waals surface area (Å²) in [4.78, 5) is 24.6. The molecule has 0 aromatic carbocycles. The lowest BCUT2D eigenvalue weighted by molar-refractivity contribution is -0.161. The molecule has 0 saturated carbocycles. The van der Waals surface area contributed by atoms with Crippen molar-refractivity contribution >= 4 is 11.9 Å². The Balaban J connectivity index is 3.42. The number of rotatable bonds is 60. The van der Waals surface area contributed by atoms with Crippen LogP contribution >= 0.6 is 0 Å². The molecular weight excluding hydrogens is 909 g/mol. The summed E-state index contributed by atoms with van der Waals surface area (Å²) in [5.41, 5.74) is 0. The van der Waals surface area contributed by atoms with Crippen molar-refractivity contribution in [3.8, 4) is 0 Å². The molecular formula is C69H124O5. The Labute approximate surface area is 461 Å². The Morgan fingerprint density at radius 1 is 0.324 bits per heavy atom. The van der Waals surface area contributed by atoms with Gasteiger partial charge >= 0.3 is 11.9 Å². The highest BCUT2D eigenvalue weighted by atomic mass is 16.6. The molecule has 0 aromatic heterocycles. The first-order valence-corrected chi connectivity index (χ1v) is 32.5. The van der Waals surface area contributed by atoms with Crippen LogP contribution in [-0.2, 0) is 19.1 Å². The van der Waals surface area contributed by atoms with Crippen LogP contribution in [0.15, 0.2) is 72.9 Å². The van der Waals surface area contributed by atoms with Crippen molar-refractivity contribution in [1.82, 2.24) is 0 Å². The fourth-order valence-corrected chi connectivity index (χ4v) is 9.64. The number of hydrogen-bond acceptors (Lipinski definition) is 5. The Hall–Kier alpha value is -2.66. The smallest absolute Gasteiger partial charge is 0.306 e. The number of aliphatic hydroxyl groups excluding tert-OH is 1. The maximum Gasteiger partial charge on any atom is 0.306 e. The fourth-order valence-electron chi connectivity index (χ4n) is 9.64. The first-order valence-electron chi connectivity index (χ1n) is 32.5. The average molecular weight is 1030 g/mol. The maximum absolute atomic E-state index is 12.3. The van der Waals surface area contributed by atoms with E-state index in [4.69, 9.17) is 9.47 Å².